The first-order valence-corrected chi connectivity index (χ1v) is 19.7. The minimum absolute atomic E-state index is 0.950. The third kappa shape index (κ3) is 5.82. The number of hydrogen-bond donors (Lipinski definition) is 0. The van der Waals surface area contributed by atoms with Crippen LogP contribution >= 0.6 is 0 Å². The Morgan fingerprint density at radius 2 is 0.759 bits per heavy atom. The predicted octanol–water partition coefficient (Wildman–Crippen LogP) is 13.2. The fraction of sp³-hybridized carbons (Fsp3) is 0.0385. The summed E-state index contributed by atoms with van der Waals surface area (Å²) in [6, 6.07) is 59.6. The zero-order valence-electron chi connectivity index (χ0n) is 32.2. The summed E-state index contributed by atoms with van der Waals surface area (Å²) >= 11 is 0. The van der Waals surface area contributed by atoms with E-state index in [9.17, 15) is 0 Å². The van der Waals surface area contributed by atoms with Crippen molar-refractivity contribution in [3.05, 3.63) is 195 Å². The molecule has 58 heavy (non-hydrogen) atoms. The molecule has 6 heterocycles. The van der Waals surface area contributed by atoms with Gasteiger partial charge in [-0.1, -0.05) is 92.7 Å². The maximum atomic E-state index is 4.93. The van der Waals surface area contributed by atoms with Gasteiger partial charge in [-0.25, -0.2) is 0 Å². The Labute approximate surface area is 336 Å². The minimum Gasteiger partial charge on any atom is -0.308 e. The molecule has 0 amide bonds. The van der Waals surface area contributed by atoms with Gasteiger partial charge >= 0.3 is 0 Å². The van der Waals surface area contributed by atoms with Gasteiger partial charge in [-0.2, -0.15) is 0 Å². The summed E-state index contributed by atoms with van der Waals surface area (Å²) in [7, 11) is 0. The molecule has 0 saturated carbocycles. The molecule has 0 bridgehead atoms. The van der Waals surface area contributed by atoms with Crippen LogP contribution in [0.3, 0.4) is 0 Å². The highest BCUT2D eigenvalue weighted by atomic mass is 15.0. The zero-order valence-corrected chi connectivity index (χ0v) is 32.2. The van der Waals surface area contributed by atoms with Crippen molar-refractivity contribution in [3.8, 4) is 56.1 Å². The molecule has 0 spiro atoms. The predicted molar refractivity (Wildman–Crippen MR) is 239 cm³/mol. The van der Waals surface area contributed by atoms with Crippen molar-refractivity contribution in [3.63, 3.8) is 0 Å². The number of rotatable bonds is 6. The molecule has 0 aliphatic heterocycles. The van der Waals surface area contributed by atoms with Crippen molar-refractivity contribution >= 4 is 43.9 Å². The molecule has 11 aromatic rings. The van der Waals surface area contributed by atoms with E-state index in [-0.39, 0.29) is 0 Å². The van der Waals surface area contributed by atoms with Crippen molar-refractivity contribution < 1.29 is 0 Å². The first kappa shape index (κ1) is 34.8. The van der Waals surface area contributed by atoms with Gasteiger partial charge in [0.25, 0.3) is 0 Å². The Morgan fingerprint density at radius 3 is 1.21 bits per heavy atom. The van der Waals surface area contributed by atoms with Gasteiger partial charge in [0.2, 0.25) is 0 Å². The lowest BCUT2D eigenvalue weighted by Gasteiger charge is -2.13. The highest BCUT2D eigenvalue weighted by Crippen LogP contribution is 2.39. The standard InChI is InChI=1S/C50H32N6.C2H6/c1-3-16-39(43-18-5-7-26-51-43)37(14-1)33-22-24-45-41(30-33)49-47(20-10-28-53-49)55(45)35-12-9-13-36(32-35)56-46-25-23-34(31-42(46)50-48(56)21-11-29-54-50)38-15-2-4-17-40(38)44-19-6-8-27-52-44;1-2/h1-32H;1-2H3. The molecular weight excluding hydrogens is 709 g/mol. The zero-order chi connectivity index (χ0) is 39.0. The van der Waals surface area contributed by atoms with Crippen LogP contribution in [0, 0.1) is 0 Å². The maximum Gasteiger partial charge on any atom is 0.0963 e. The average Bonchev–Trinajstić information content (AvgIpc) is 3.82. The van der Waals surface area contributed by atoms with Gasteiger partial charge < -0.3 is 9.13 Å². The van der Waals surface area contributed by atoms with E-state index in [1.165, 1.54) is 0 Å². The lowest BCUT2D eigenvalue weighted by Crippen LogP contribution is -1.98. The molecule has 11 rings (SSSR count). The molecule has 0 aliphatic carbocycles. The van der Waals surface area contributed by atoms with Gasteiger partial charge in [0.05, 0.1) is 44.5 Å². The molecule has 0 aliphatic rings. The molecular formula is C52H38N6. The Kier molecular flexibility index (Phi) is 8.84. The highest BCUT2D eigenvalue weighted by molar-refractivity contribution is 6.10. The Bertz CT molecular complexity index is 3040. The summed E-state index contributed by atoms with van der Waals surface area (Å²) in [4.78, 5) is 19.2. The second kappa shape index (κ2) is 14.8. The Balaban J connectivity index is 0.00000201. The topological polar surface area (TPSA) is 61.4 Å². The van der Waals surface area contributed by atoms with Crippen LogP contribution in [0.4, 0.5) is 0 Å². The van der Waals surface area contributed by atoms with E-state index in [0.717, 1.165) is 100 Å². The molecule has 6 aromatic heterocycles. The van der Waals surface area contributed by atoms with Gasteiger partial charge in [0, 0.05) is 58.1 Å². The minimum atomic E-state index is 0.950. The van der Waals surface area contributed by atoms with Crippen molar-refractivity contribution in [1.82, 2.24) is 29.1 Å². The van der Waals surface area contributed by atoms with Gasteiger partial charge in [-0.15, -0.1) is 0 Å². The molecule has 0 radical (unpaired) electrons. The molecule has 0 atom stereocenters. The molecule has 6 nitrogen and oxygen atoms in total. The smallest absolute Gasteiger partial charge is 0.0963 e. The average molecular weight is 747 g/mol. The van der Waals surface area contributed by atoms with Crippen LogP contribution in [-0.2, 0) is 0 Å². The molecule has 0 fully saturated rings. The number of benzene rings is 5. The van der Waals surface area contributed by atoms with Crippen LogP contribution in [0.25, 0.3) is 100 Å². The Morgan fingerprint density at radius 1 is 0.328 bits per heavy atom. The SMILES string of the molecule is CC.c1ccc(-c2ccccc2-c2ccc3c(c2)c2ncccc2n3-c2cccc(-n3c4ccc(-c5ccccc5-c5ccccn5)cc4c4ncccc43)c2)nc1. The van der Waals surface area contributed by atoms with Crippen LogP contribution in [0.1, 0.15) is 13.8 Å². The fourth-order valence-electron chi connectivity index (χ4n) is 8.29. The lowest BCUT2D eigenvalue weighted by atomic mass is 9.96. The number of aromatic nitrogens is 6. The number of fused-ring (bicyclic) bond motifs is 6. The third-order valence-electron chi connectivity index (χ3n) is 10.7. The maximum absolute atomic E-state index is 4.93. The van der Waals surface area contributed by atoms with E-state index in [1.807, 2.05) is 75.0 Å². The summed E-state index contributed by atoms with van der Waals surface area (Å²) in [5.41, 5.74) is 16.9. The second-order valence-corrected chi connectivity index (χ2v) is 13.9. The van der Waals surface area contributed by atoms with Gasteiger partial charge in [-0.3, -0.25) is 19.9 Å². The van der Waals surface area contributed by atoms with Crippen molar-refractivity contribution in [2.45, 2.75) is 13.8 Å². The third-order valence-corrected chi connectivity index (χ3v) is 10.7. The van der Waals surface area contributed by atoms with E-state index in [2.05, 4.69) is 153 Å². The molecule has 0 N–H and O–H groups in total. The normalized spacial score (nSPS) is 11.3. The Hall–Kier alpha value is -7.70. The highest BCUT2D eigenvalue weighted by Gasteiger charge is 2.19. The van der Waals surface area contributed by atoms with Crippen LogP contribution in [0.15, 0.2) is 195 Å². The quantitative estimate of drug-likeness (QED) is 0.170. The van der Waals surface area contributed by atoms with E-state index < -0.39 is 0 Å². The largest absolute Gasteiger partial charge is 0.308 e. The summed E-state index contributed by atoms with van der Waals surface area (Å²) in [5.74, 6) is 0. The lowest BCUT2D eigenvalue weighted by molar-refractivity contribution is 1.13. The molecule has 0 unspecified atom stereocenters. The molecule has 6 heteroatoms. The molecule has 5 aromatic carbocycles. The van der Waals surface area contributed by atoms with Gasteiger partial charge in [0.1, 0.15) is 0 Å². The summed E-state index contributed by atoms with van der Waals surface area (Å²) < 4.78 is 4.66. The van der Waals surface area contributed by atoms with Crippen LogP contribution in [-0.4, -0.2) is 29.1 Å². The van der Waals surface area contributed by atoms with E-state index in [0.29, 0.717) is 0 Å². The van der Waals surface area contributed by atoms with Crippen LogP contribution in [0.2, 0.25) is 0 Å². The molecule has 276 valence electrons. The van der Waals surface area contributed by atoms with Crippen LogP contribution in [0.5, 0.6) is 0 Å². The monoisotopic (exact) mass is 746 g/mol. The number of nitrogens with zero attached hydrogens (tertiary/aromatic N) is 6. The van der Waals surface area contributed by atoms with E-state index in [4.69, 9.17) is 9.97 Å². The molecule has 0 saturated heterocycles. The summed E-state index contributed by atoms with van der Waals surface area (Å²) in [6.07, 6.45) is 7.45. The first-order valence-electron chi connectivity index (χ1n) is 19.7. The summed E-state index contributed by atoms with van der Waals surface area (Å²) in [6.45, 7) is 4.00. The number of pyridine rings is 4. The first-order chi connectivity index (χ1) is 28.8. The van der Waals surface area contributed by atoms with E-state index in [1.54, 1.807) is 0 Å². The van der Waals surface area contributed by atoms with Crippen molar-refractivity contribution in [1.29, 1.82) is 0 Å². The van der Waals surface area contributed by atoms with Crippen molar-refractivity contribution in [2.75, 3.05) is 0 Å². The summed E-state index contributed by atoms with van der Waals surface area (Å²) in [5, 5.41) is 2.19. The second-order valence-electron chi connectivity index (χ2n) is 13.9. The van der Waals surface area contributed by atoms with Crippen molar-refractivity contribution in [2.24, 2.45) is 0 Å². The van der Waals surface area contributed by atoms with Gasteiger partial charge in [-0.05, 0) is 113 Å². The van der Waals surface area contributed by atoms with Crippen LogP contribution < -0.4 is 0 Å². The van der Waals surface area contributed by atoms with Gasteiger partial charge in [0.15, 0.2) is 0 Å². The fourth-order valence-corrected chi connectivity index (χ4v) is 8.29. The van der Waals surface area contributed by atoms with E-state index >= 15 is 0 Å². The number of hydrogen-bond acceptors (Lipinski definition) is 4.